The number of ether oxygens (including phenoxy) is 1. The quantitative estimate of drug-likeness (QED) is 0.659. The third-order valence-corrected chi connectivity index (χ3v) is 3.03. The maximum atomic E-state index is 10.7. The van der Waals surface area contributed by atoms with E-state index in [4.69, 9.17) is 15.0 Å². The normalized spacial score (nSPS) is 13.9. The summed E-state index contributed by atoms with van der Waals surface area (Å²) in [5, 5.41) is 14.6. The van der Waals surface area contributed by atoms with E-state index in [0.29, 0.717) is 17.0 Å². The van der Waals surface area contributed by atoms with E-state index in [-0.39, 0.29) is 18.2 Å². The van der Waals surface area contributed by atoms with Crippen LogP contribution in [0.15, 0.2) is 22.7 Å². The molecule has 0 saturated heterocycles. The van der Waals surface area contributed by atoms with Gasteiger partial charge in [-0.15, -0.1) is 0 Å². The maximum Gasteiger partial charge on any atom is 0.269 e. The van der Waals surface area contributed by atoms with Gasteiger partial charge >= 0.3 is 0 Å². The Bertz CT molecular complexity index is 666. The molecule has 0 saturated carbocycles. The number of nitrogens with two attached hydrogens (primary N) is 1. The largest absolute Gasteiger partial charge is 0.382 e. The Labute approximate surface area is 121 Å². The highest BCUT2D eigenvalue weighted by atomic mass is 16.6. The molecular formula is C13H16N4O4. The average Bonchev–Trinajstić information content (AvgIpc) is 2.88. The van der Waals surface area contributed by atoms with Crippen molar-refractivity contribution in [2.24, 2.45) is 5.73 Å². The molecular weight excluding hydrogens is 276 g/mol. The number of rotatable bonds is 5. The second kappa shape index (κ2) is 5.58. The van der Waals surface area contributed by atoms with Gasteiger partial charge in [0.2, 0.25) is 0 Å². The molecule has 8 heteroatoms. The lowest BCUT2D eigenvalue weighted by Gasteiger charge is -2.18. The summed E-state index contributed by atoms with van der Waals surface area (Å²) in [5.74, 6) is 0.585. The predicted molar refractivity (Wildman–Crippen MR) is 74.5 cm³/mol. The first-order valence-corrected chi connectivity index (χ1v) is 6.22. The van der Waals surface area contributed by atoms with E-state index in [2.05, 4.69) is 10.1 Å². The van der Waals surface area contributed by atoms with E-state index in [1.54, 1.807) is 19.9 Å². The topological polar surface area (TPSA) is 117 Å². The van der Waals surface area contributed by atoms with Gasteiger partial charge in [-0.3, -0.25) is 10.1 Å². The van der Waals surface area contributed by atoms with Crippen molar-refractivity contribution in [2.75, 3.05) is 13.7 Å². The van der Waals surface area contributed by atoms with Crippen LogP contribution in [0.3, 0.4) is 0 Å². The van der Waals surface area contributed by atoms with Gasteiger partial charge in [-0.1, -0.05) is 5.16 Å². The minimum Gasteiger partial charge on any atom is -0.382 e. The van der Waals surface area contributed by atoms with E-state index < -0.39 is 10.5 Å². The zero-order valence-corrected chi connectivity index (χ0v) is 12.0. The monoisotopic (exact) mass is 292 g/mol. The molecule has 2 rings (SSSR count). The van der Waals surface area contributed by atoms with Crippen LogP contribution in [0.5, 0.6) is 0 Å². The first-order valence-electron chi connectivity index (χ1n) is 6.22. The zero-order valence-electron chi connectivity index (χ0n) is 12.0. The van der Waals surface area contributed by atoms with E-state index >= 15 is 0 Å². The van der Waals surface area contributed by atoms with Gasteiger partial charge in [-0.05, 0) is 25.5 Å². The summed E-state index contributed by atoms with van der Waals surface area (Å²) in [6.45, 7) is 3.71. The van der Waals surface area contributed by atoms with Crippen LogP contribution in [-0.4, -0.2) is 28.8 Å². The third kappa shape index (κ3) is 3.06. The molecule has 0 aliphatic heterocycles. The van der Waals surface area contributed by atoms with Crippen LogP contribution in [0, 0.1) is 17.0 Å². The lowest BCUT2D eigenvalue weighted by atomic mass is 10.0. The number of non-ortho nitro benzene ring substituents is 1. The van der Waals surface area contributed by atoms with Gasteiger partial charge in [0.1, 0.15) is 5.54 Å². The average molecular weight is 292 g/mol. The van der Waals surface area contributed by atoms with Gasteiger partial charge in [0.15, 0.2) is 5.82 Å². The molecule has 0 radical (unpaired) electrons. The lowest BCUT2D eigenvalue weighted by molar-refractivity contribution is -0.384. The summed E-state index contributed by atoms with van der Waals surface area (Å²) in [6.07, 6.45) is 0. The Morgan fingerprint density at radius 1 is 1.52 bits per heavy atom. The number of benzene rings is 1. The number of nitro groups is 1. The number of nitro benzene ring substituents is 1. The Balaban J connectivity index is 2.36. The predicted octanol–water partition coefficient (Wildman–Crippen LogP) is 1.77. The van der Waals surface area contributed by atoms with Crippen molar-refractivity contribution in [1.82, 2.24) is 10.1 Å². The molecule has 0 bridgehead atoms. The van der Waals surface area contributed by atoms with Crippen molar-refractivity contribution in [3.8, 4) is 11.5 Å². The maximum absolute atomic E-state index is 10.7. The zero-order chi connectivity index (χ0) is 15.6. The summed E-state index contributed by atoms with van der Waals surface area (Å²) in [6, 6.07) is 4.42. The van der Waals surface area contributed by atoms with Crippen LogP contribution in [-0.2, 0) is 10.3 Å². The standard InChI is InChI=1S/C13H16N4O4/c1-8-6-9(17(18)19)4-5-10(8)11-15-12(16-21-11)13(2,14)7-20-3/h4-6H,7,14H2,1-3H3. The fourth-order valence-corrected chi connectivity index (χ4v) is 1.93. The third-order valence-electron chi connectivity index (χ3n) is 3.03. The van der Waals surface area contributed by atoms with Crippen molar-refractivity contribution >= 4 is 5.69 Å². The van der Waals surface area contributed by atoms with Crippen molar-refractivity contribution in [1.29, 1.82) is 0 Å². The van der Waals surface area contributed by atoms with Crippen molar-refractivity contribution in [3.63, 3.8) is 0 Å². The molecule has 8 nitrogen and oxygen atoms in total. The molecule has 1 aromatic heterocycles. The Hall–Kier alpha value is -2.32. The van der Waals surface area contributed by atoms with Gasteiger partial charge in [0, 0.05) is 24.8 Å². The minimum atomic E-state index is -0.870. The van der Waals surface area contributed by atoms with Gasteiger partial charge in [0.05, 0.1) is 11.5 Å². The fourth-order valence-electron chi connectivity index (χ4n) is 1.93. The molecule has 2 aromatic rings. The van der Waals surface area contributed by atoms with Gasteiger partial charge in [0.25, 0.3) is 11.6 Å². The summed E-state index contributed by atoms with van der Waals surface area (Å²) in [4.78, 5) is 14.5. The summed E-state index contributed by atoms with van der Waals surface area (Å²) in [5.41, 5.74) is 6.49. The second-order valence-electron chi connectivity index (χ2n) is 5.03. The number of methoxy groups -OCH3 is 1. The van der Waals surface area contributed by atoms with Gasteiger partial charge in [-0.2, -0.15) is 4.98 Å². The van der Waals surface area contributed by atoms with Crippen LogP contribution in [0.25, 0.3) is 11.5 Å². The fraction of sp³-hybridized carbons (Fsp3) is 0.385. The van der Waals surface area contributed by atoms with Crippen LogP contribution in [0.4, 0.5) is 5.69 Å². The highest BCUT2D eigenvalue weighted by molar-refractivity contribution is 5.61. The molecule has 0 aliphatic rings. The smallest absolute Gasteiger partial charge is 0.269 e. The van der Waals surface area contributed by atoms with Crippen molar-refractivity contribution < 1.29 is 14.2 Å². The Morgan fingerprint density at radius 3 is 2.81 bits per heavy atom. The first kappa shape index (κ1) is 15.1. The number of hydrogen-bond donors (Lipinski definition) is 1. The second-order valence-corrected chi connectivity index (χ2v) is 5.03. The molecule has 0 aliphatic carbocycles. The number of aryl methyl sites for hydroxylation is 1. The van der Waals surface area contributed by atoms with Crippen LogP contribution in [0.2, 0.25) is 0 Å². The molecule has 1 heterocycles. The molecule has 1 unspecified atom stereocenters. The first-order chi connectivity index (χ1) is 9.85. The SMILES string of the molecule is COCC(C)(N)c1noc(-c2ccc([N+](=O)[O-])cc2C)n1. The lowest BCUT2D eigenvalue weighted by Crippen LogP contribution is -2.38. The highest BCUT2D eigenvalue weighted by Crippen LogP contribution is 2.27. The van der Waals surface area contributed by atoms with Crippen LogP contribution in [0.1, 0.15) is 18.3 Å². The summed E-state index contributed by atoms with van der Waals surface area (Å²) >= 11 is 0. The molecule has 21 heavy (non-hydrogen) atoms. The molecule has 2 N–H and O–H groups in total. The molecule has 1 aromatic carbocycles. The van der Waals surface area contributed by atoms with E-state index in [9.17, 15) is 10.1 Å². The molecule has 0 amide bonds. The summed E-state index contributed by atoms with van der Waals surface area (Å²) < 4.78 is 10.2. The highest BCUT2D eigenvalue weighted by Gasteiger charge is 2.28. The van der Waals surface area contributed by atoms with Crippen molar-refractivity contribution in [2.45, 2.75) is 19.4 Å². The summed E-state index contributed by atoms with van der Waals surface area (Å²) in [7, 11) is 1.53. The van der Waals surface area contributed by atoms with Crippen LogP contribution >= 0.6 is 0 Å². The van der Waals surface area contributed by atoms with E-state index in [1.807, 2.05) is 0 Å². The van der Waals surface area contributed by atoms with Crippen LogP contribution < -0.4 is 5.73 Å². The van der Waals surface area contributed by atoms with Gasteiger partial charge in [-0.25, -0.2) is 0 Å². The Morgan fingerprint density at radius 2 is 2.24 bits per heavy atom. The van der Waals surface area contributed by atoms with E-state index in [0.717, 1.165) is 0 Å². The number of aromatic nitrogens is 2. The minimum absolute atomic E-state index is 0.0130. The molecule has 112 valence electrons. The Kier molecular flexibility index (Phi) is 4.01. The molecule has 0 fully saturated rings. The van der Waals surface area contributed by atoms with Gasteiger partial charge < -0.3 is 15.0 Å². The molecule has 0 spiro atoms. The van der Waals surface area contributed by atoms with Crippen molar-refractivity contribution in [3.05, 3.63) is 39.7 Å². The van der Waals surface area contributed by atoms with E-state index in [1.165, 1.54) is 19.2 Å². The molecule has 1 atom stereocenters. The number of hydrogen-bond acceptors (Lipinski definition) is 7. The number of nitrogens with zero attached hydrogens (tertiary/aromatic N) is 3.